The van der Waals surface area contributed by atoms with Crippen molar-refractivity contribution >= 4 is 32.5 Å². The summed E-state index contributed by atoms with van der Waals surface area (Å²) in [6.45, 7) is 0. The van der Waals surface area contributed by atoms with Crippen LogP contribution in [0, 0.1) is 10.1 Å². The molecule has 0 saturated heterocycles. The molecule has 19 heavy (non-hydrogen) atoms. The Balaban J connectivity index is 2.30. The maximum absolute atomic E-state index is 11.2. The number of rotatable bonds is 2. The van der Waals surface area contributed by atoms with E-state index >= 15 is 0 Å². The van der Waals surface area contributed by atoms with Gasteiger partial charge < -0.3 is 4.98 Å². The van der Waals surface area contributed by atoms with Gasteiger partial charge in [-0.15, -0.1) is 0 Å². The number of halogens is 1. The summed E-state index contributed by atoms with van der Waals surface area (Å²) in [5.74, 6) is 0. The van der Waals surface area contributed by atoms with Gasteiger partial charge in [0.1, 0.15) is 0 Å². The van der Waals surface area contributed by atoms with Crippen molar-refractivity contribution in [2.24, 2.45) is 0 Å². The summed E-state index contributed by atoms with van der Waals surface area (Å²) in [5, 5.41) is 12.2. The Bertz CT molecular complexity index is 780. The zero-order valence-electron chi connectivity index (χ0n) is 9.76. The molecular formula is C14H9BrN2O2. The molecule has 1 heterocycles. The molecule has 0 fully saturated rings. The van der Waals surface area contributed by atoms with Gasteiger partial charge in [-0.05, 0) is 18.2 Å². The molecule has 0 aliphatic carbocycles. The number of aromatic amines is 1. The highest BCUT2D eigenvalue weighted by molar-refractivity contribution is 9.10. The fourth-order valence-corrected chi connectivity index (χ4v) is 2.53. The smallest absolute Gasteiger partial charge is 0.278 e. The third-order valence-electron chi connectivity index (χ3n) is 3.04. The highest BCUT2D eigenvalue weighted by Gasteiger charge is 2.18. The minimum atomic E-state index is -0.359. The van der Waals surface area contributed by atoms with Crippen molar-refractivity contribution in [1.82, 2.24) is 4.98 Å². The van der Waals surface area contributed by atoms with E-state index in [1.807, 2.05) is 30.3 Å². The summed E-state index contributed by atoms with van der Waals surface area (Å²) in [7, 11) is 0. The Hall–Kier alpha value is -2.14. The molecule has 0 radical (unpaired) electrons. The number of nitrogens with one attached hydrogen (secondary N) is 1. The van der Waals surface area contributed by atoms with Gasteiger partial charge in [0.15, 0.2) is 0 Å². The summed E-state index contributed by atoms with van der Waals surface area (Å²) in [6.07, 6.45) is 1.81. The third kappa shape index (κ3) is 2.02. The van der Waals surface area contributed by atoms with Crippen LogP contribution in [0.1, 0.15) is 0 Å². The number of aromatic nitrogens is 1. The van der Waals surface area contributed by atoms with Crippen molar-refractivity contribution in [3.05, 3.63) is 63.2 Å². The first kappa shape index (κ1) is 11.9. The molecule has 0 aliphatic heterocycles. The summed E-state index contributed by atoms with van der Waals surface area (Å²) in [4.78, 5) is 14.0. The Morgan fingerprint density at radius 2 is 1.89 bits per heavy atom. The number of H-pyrrole nitrogens is 1. The van der Waals surface area contributed by atoms with Crippen molar-refractivity contribution in [1.29, 1.82) is 0 Å². The topological polar surface area (TPSA) is 58.9 Å². The Morgan fingerprint density at radius 1 is 1.11 bits per heavy atom. The fraction of sp³-hybridized carbons (Fsp3) is 0. The summed E-state index contributed by atoms with van der Waals surface area (Å²) in [6, 6.07) is 12.8. The quantitative estimate of drug-likeness (QED) is 0.558. The van der Waals surface area contributed by atoms with Crippen LogP contribution >= 0.6 is 15.9 Å². The normalized spacial score (nSPS) is 10.8. The summed E-state index contributed by atoms with van der Waals surface area (Å²) in [5.41, 5.74) is 2.52. The molecule has 0 amide bonds. The number of benzene rings is 2. The molecule has 0 saturated carbocycles. The molecule has 0 spiro atoms. The molecule has 5 heteroatoms. The van der Waals surface area contributed by atoms with Gasteiger partial charge in [0.25, 0.3) is 5.69 Å². The van der Waals surface area contributed by atoms with E-state index in [4.69, 9.17) is 0 Å². The largest absolute Gasteiger partial charge is 0.361 e. The van der Waals surface area contributed by atoms with Crippen molar-refractivity contribution in [2.45, 2.75) is 0 Å². The number of hydrogen-bond donors (Lipinski definition) is 1. The molecule has 0 aliphatic rings. The van der Waals surface area contributed by atoms with E-state index in [2.05, 4.69) is 20.9 Å². The van der Waals surface area contributed by atoms with Crippen LogP contribution in [0.3, 0.4) is 0 Å². The average Bonchev–Trinajstić information content (AvgIpc) is 2.82. The zero-order valence-corrected chi connectivity index (χ0v) is 11.3. The monoisotopic (exact) mass is 316 g/mol. The van der Waals surface area contributed by atoms with E-state index < -0.39 is 0 Å². The summed E-state index contributed by atoms with van der Waals surface area (Å²) < 4.78 is 0.697. The Labute approximate surface area is 117 Å². The van der Waals surface area contributed by atoms with Crippen LogP contribution < -0.4 is 0 Å². The number of nitro groups is 1. The number of para-hydroxylation sites is 1. The third-order valence-corrected chi connectivity index (χ3v) is 3.53. The molecule has 1 aromatic heterocycles. The number of nitrogens with zero attached hydrogens (tertiary/aromatic N) is 1. The van der Waals surface area contributed by atoms with Crippen LogP contribution in [0.5, 0.6) is 0 Å². The molecule has 0 unspecified atom stereocenters. The van der Waals surface area contributed by atoms with Crippen LogP contribution in [-0.4, -0.2) is 9.91 Å². The average molecular weight is 317 g/mol. The van der Waals surface area contributed by atoms with Crippen molar-refractivity contribution in [3.8, 4) is 11.1 Å². The van der Waals surface area contributed by atoms with Crippen molar-refractivity contribution in [3.63, 3.8) is 0 Å². The lowest BCUT2D eigenvalue weighted by molar-refractivity contribution is -0.384. The second kappa shape index (κ2) is 4.51. The van der Waals surface area contributed by atoms with Gasteiger partial charge in [0.2, 0.25) is 0 Å². The van der Waals surface area contributed by atoms with E-state index in [0.717, 1.165) is 16.5 Å². The molecule has 1 N–H and O–H groups in total. The lowest BCUT2D eigenvalue weighted by Gasteiger charge is -2.02. The molecule has 94 valence electrons. The van der Waals surface area contributed by atoms with Crippen molar-refractivity contribution in [2.75, 3.05) is 0 Å². The Morgan fingerprint density at radius 3 is 2.68 bits per heavy atom. The van der Waals surface area contributed by atoms with Gasteiger partial charge in [-0.25, -0.2) is 0 Å². The minimum Gasteiger partial charge on any atom is -0.361 e. The van der Waals surface area contributed by atoms with Gasteiger partial charge in [0, 0.05) is 33.2 Å². The summed E-state index contributed by atoms with van der Waals surface area (Å²) >= 11 is 3.27. The van der Waals surface area contributed by atoms with Crippen molar-refractivity contribution < 1.29 is 4.92 Å². The highest BCUT2D eigenvalue weighted by Crippen LogP contribution is 2.36. The molecule has 0 bridgehead atoms. The van der Waals surface area contributed by atoms with Crippen LogP contribution in [0.4, 0.5) is 5.69 Å². The zero-order chi connectivity index (χ0) is 13.4. The van der Waals surface area contributed by atoms with E-state index in [0.29, 0.717) is 10.0 Å². The van der Waals surface area contributed by atoms with Gasteiger partial charge >= 0.3 is 0 Å². The first-order valence-corrected chi connectivity index (χ1v) is 6.46. The second-order valence-electron chi connectivity index (χ2n) is 4.17. The van der Waals surface area contributed by atoms with Gasteiger partial charge in [-0.2, -0.15) is 0 Å². The minimum absolute atomic E-state index is 0.0964. The maximum Gasteiger partial charge on any atom is 0.278 e. The van der Waals surface area contributed by atoms with Gasteiger partial charge in [-0.3, -0.25) is 10.1 Å². The van der Waals surface area contributed by atoms with E-state index in [1.165, 1.54) is 6.07 Å². The highest BCUT2D eigenvalue weighted by atomic mass is 79.9. The molecule has 2 aromatic carbocycles. The van der Waals surface area contributed by atoms with E-state index in [9.17, 15) is 10.1 Å². The lowest BCUT2D eigenvalue weighted by atomic mass is 10.0. The van der Waals surface area contributed by atoms with Crippen LogP contribution in [-0.2, 0) is 0 Å². The first-order chi connectivity index (χ1) is 9.16. The van der Waals surface area contributed by atoms with Gasteiger partial charge in [0.05, 0.1) is 10.5 Å². The van der Waals surface area contributed by atoms with Crippen LogP contribution in [0.25, 0.3) is 22.0 Å². The Kier molecular flexibility index (Phi) is 2.83. The SMILES string of the molecule is O=[N+]([O-])c1cc(Br)ccc1-c1c[nH]c2ccccc12. The number of fused-ring (bicyclic) bond motifs is 1. The predicted molar refractivity (Wildman–Crippen MR) is 78.1 cm³/mol. The van der Waals surface area contributed by atoms with Crippen LogP contribution in [0.2, 0.25) is 0 Å². The fourth-order valence-electron chi connectivity index (χ4n) is 2.18. The number of nitro benzene ring substituents is 1. The molecule has 3 aromatic rings. The molecule has 3 rings (SSSR count). The second-order valence-corrected chi connectivity index (χ2v) is 5.08. The van der Waals surface area contributed by atoms with Crippen LogP contribution in [0.15, 0.2) is 53.1 Å². The standard InChI is InChI=1S/C14H9BrN2O2/c15-9-5-6-11(14(7-9)17(18)19)12-8-16-13-4-2-1-3-10(12)13/h1-8,16H. The van der Waals surface area contributed by atoms with Gasteiger partial charge in [-0.1, -0.05) is 34.1 Å². The first-order valence-electron chi connectivity index (χ1n) is 5.67. The van der Waals surface area contributed by atoms with E-state index in [1.54, 1.807) is 12.3 Å². The molecular weight excluding hydrogens is 308 g/mol. The molecule has 4 nitrogen and oxygen atoms in total. The molecule has 0 atom stereocenters. The van der Waals surface area contributed by atoms with E-state index in [-0.39, 0.29) is 10.6 Å². The number of hydrogen-bond acceptors (Lipinski definition) is 2. The lowest BCUT2D eigenvalue weighted by Crippen LogP contribution is -1.91. The predicted octanol–water partition coefficient (Wildman–Crippen LogP) is 4.51. The maximum atomic E-state index is 11.2.